The van der Waals surface area contributed by atoms with Crippen molar-refractivity contribution in [1.29, 1.82) is 0 Å². The third-order valence-corrected chi connectivity index (χ3v) is 3.65. The number of amides is 1. The van der Waals surface area contributed by atoms with Gasteiger partial charge in [0, 0.05) is 28.8 Å². The Balaban J connectivity index is 1.61. The van der Waals surface area contributed by atoms with Crippen LogP contribution in [-0.2, 0) is 4.79 Å². The zero-order valence-corrected chi connectivity index (χ0v) is 13.8. The van der Waals surface area contributed by atoms with Crippen molar-refractivity contribution in [2.45, 2.75) is 13.0 Å². The molecule has 1 amide bonds. The molecule has 1 N–H and O–H groups in total. The predicted octanol–water partition coefficient (Wildman–Crippen LogP) is 3.93. The van der Waals surface area contributed by atoms with Crippen LogP contribution in [0.4, 0.5) is 5.69 Å². The molecule has 0 spiro atoms. The van der Waals surface area contributed by atoms with Crippen molar-refractivity contribution in [3.05, 3.63) is 72.3 Å². The van der Waals surface area contributed by atoms with E-state index in [1.54, 1.807) is 43.7 Å². The maximum Gasteiger partial charge on any atom is 0.265 e. The molecule has 1 aromatic heterocycles. The summed E-state index contributed by atoms with van der Waals surface area (Å²) in [7, 11) is 0. The van der Waals surface area contributed by atoms with Crippen molar-refractivity contribution in [2.75, 3.05) is 5.32 Å². The highest BCUT2D eigenvalue weighted by atomic mass is 35.5. The van der Waals surface area contributed by atoms with E-state index in [4.69, 9.17) is 16.3 Å². The minimum absolute atomic E-state index is 0.231. The van der Waals surface area contributed by atoms with Crippen LogP contribution in [0.15, 0.2) is 67.3 Å². The zero-order valence-electron chi connectivity index (χ0n) is 13.0. The second kappa shape index (κ2) is 7.19. The molecule has 1 atom stereocenters. The molecular formula is C18H16ClN3O2. The van der Waals surface area contributed by atoms with Gasteiger partial charge in [-0.2, -0.15) is 0 Å². The molecule has 0 saturated carbocycles. The minimum Gasteiger partial charge on any atom is -0.481 e. The van der Waals surface area contributed by atoms with Crippen LogP contribution < -0.4 is 10.1 Å². The summed E-state index contributed by atoms with van der Waals surface area (Å²) in [5.74, 6) is 0.325. The lowest BCUT2D eigenvalue weighted by Crippen LogP contribution is -2.30. The Labute approximate surface area is 144 Å². The third kappa shape index (κ3) is 3.94. The van der Waals surface area contributed by atoms with Crippen LogP contribution in [0.2, 0.25) is 5.02 Å². The van der Waals surface area contributed by atoms with Crippen LogP contribution in [0.25, 0.3) is 5.69 Å². The molecule has 5 nitrogen and oxygen atoms in total. The summed E-state index contributed by atoms with van der Waals surface area (Å²) < 4.78 is 7.49. The van der Waals surface area contributed by atoms with Crippen LogP contribution >= 0.6 is 11.6 Å². The average Bonchev–Trinajstić information content (AvgIpc) is 3.10. The lowest BCUT2D eigenvalue weighted by atomic mass is 10.2. The fourth-order valence-electron chi connectivity index (χ4n) is 2.17. The first-order chi connectivity index (χ1) is 11.6. The van der Waals surface area contributed by atoms with Crippen molar-refractivity contribution < 1.29 is 9.53 Å². The number of rotatable bonds is 5. The molecular weight excluding hydrogens is 326 g/mol. The summed E-state index contributed by atoms with van der Waals surface area (Å²) >= 11 is 5.91. The maximum atomic E-state index is 12.2. The lowest BCUT2D eigenvalue weighted by molar-refractivity contribution is -0.122. The van der Waals surface area contributed by atoms with Crippen LogP contribution in [-0.4, -0.2) is 21.6 Å². The Morgan fingerprint density at radius 3 is 2.71 bits per heavy atom. The lowest BCUT2D eigenvalue weighted by Gasteiger charge is -2.15. The molecule has 0 saturated heterocycles. The standard InChI is InChI=1S/C18H16ClN3O2/c1-13(24-17-4-2-3-14(19)11-17)18(23)21-15-5-7-16(8-6-15)22-10-9-20-12-22/h2-13H,1H3,(H,21,23). The summed E-state index contributed by atoms with van der Waals surface area (Å²) in [6.45, 7) is 1.69. The number of anilines is 1. The van der Waals surface area contributed by atoms with Gasteiger partial charge in [-0.25, -0.2) is 4.98 Å². The second-order valence-corrected chi connectivity index (χ2v) is 5.66. The quantitative estimate of drug-likeness (QED) is 0.765. The smallest absolute Gasteiger partial charge is 0.265 e. The van der Waals surface area contributed by atoms with E-state index < -0.39 is 6.10 Å². The largest absolute Gasteiger partial charge is 0.481 e. The summed E-state index contributed by atoms with van der Waals surface area (Å²) in [6.07, 6.45) is 4.64. The van der Waals surface area contributed by atoms with Crippen molar-refractivity contribution in [3.63, 3.8) is 0 Å². The van der Waals surface area contributed by atoms with E-state index in [9.17, 15) is 4.79 Å². The molecule has 24 heavy (non-hydrogen) atoms. The molecule has 0 aliphatic heterocycles. The van der Waals surface area contributed by atoms with E-state index in [1.165, 1.54) is 0 Å². The fraction of sp³-hybridized carbons (Fsp3) is 0.111. The Morgan fingerprint density at radius 1 is 1.25 bits per heavy atom. The summed E-state index contributed by atoms with van der Waals surface area (Å²) in [5.41, 5.74) is 1.67. The van der Waals surface area contributed by atoms with E-state index in [2.05, 4.69) is 10.3 Å². The van der Waals surface area contributed by atoms with Gasteiger partial charge in [-0.15, -0.1) is 0 Å². The number of imidazole rings is 1. The monoisotopic (exact) mass is 341 g/mol. The Bertz CT molecular complexity index is 817. The zero-order chi connectivity index (χ0) is 16.9. The van der Waals surface area contributed by atoms with Crippen LogP contribution in [0.1, 0.15) is 6.92 Å². The first kappa shape index (κ1) is 16.1. The number of aromatic nitrogens is 2. The van der Waals surface area contributed by atoms with Gasteiger partial charge in [0.05, 0.1) is 6.33 Å². The predicted molar refractivity (Wildman–Crippen MR) is 93.7 cm³/mol. The minimum atomic E-state index is -0.642. The van der Waals surface area contributed by atoms with Gasteiger partial charge in [-0.05, 0) is 49.4 Å². The SMILES string of the molecule is CC(Oc1cccc(Cl)c1)C(=O)Nc1ccc(-n2ccnc2)cc1. The Morgan fingerprint density at radius 2 is 2.04 bits per heavy atom. The van der Waals surface area contributed by atoms with Gasteiger partial charge >= 0.3 is 0 Å². The summed E-state index contributed by atoms with van der Waals surface area (Å²) in [5, 5.41) is 3.39. The van der Waals surface area contributed by atoms with E-state index in [-0.39, 0.29) is 5.91 Å². The normalized spacial score (nSPS) is 11.8. The first-order valence-electron chi connectivity index (χ1n) is 7.43. The van der Waals surface area contributed by atoms with Crippen molar-refractivity contribution in [2.24, 2.45) is 0 Å². The molecule has 3 rings (SSSR count). The molecule has 2 aromatic carbocycles. The van der Waals surface area contributed by atoms with E-state index in [1.807, 2.05) is 35.0 Å². The highest BCUT2D eigenvalue weighted by molar-refractivity contribution is 6.30. The van der Waals surface area contributed by atoms with Crippen molar-refractivity contribution in [3.8, 4) is 11.4 Å². The topological polar surface area (TPSA) is 56.1 Å². The molecule has 0 radical (unpaired) electrons. The molecule has 0 fully saturated rings. The van der Waals surface area contributed by atoms with E-state index >= 15 is 0 Å². The highest BCUT2D eigenvalue weighted by Gasteiger charge is 2.15. The average molecular weight is 342 g/mol. The summed E-state index contributed by atoms with van der Waals surface area (Å²) in [4.78, 5) is 16.2. The number of hydrogen-bond acceptors (Lipinski definition) is 3. The van der Waals surface area contributed by atoms with Crippen LogP contribution in [0.3, 0.4) is 0 Å². The molecule has 0 aliphatic rings. The van der Waals surface area contributed by atoms with Gasteiger partial charge in [-0.3, -0.25) is 4.79 Å². The van der Waals surface area contributed by atoms with Gasteiger partial charge in [0.1, 0.15) is 5.75 Å². The molecule has 122 valence electrons. The molecule has 1 unspecified atom stereocenters. The number of nitrogens with one attached hydrogen (secondary N) is 1. The molecule has 1 heterocycles. The number of ether oxygens (including phenoxy) is 1. The molecule has 3 aromatic rings. The van der Waals surface area contributed by atoms with Crippen LogP contribution in [0, 0.1) is 0 Å². The highest BCUT2D eigenvalue weighted by Crippen LogP contribution is 2.19. The molecule has 0 bridgehead atoms. The Kier molecular flexibility index (Phi) is 4.82. The van der Waals surface area contributed by atoms with Crippen molar-refractivity contribution in [1.82, 2.24) is 9.55 Å². The number of halogens is 1. The Hall–Kier alpha value is -2.79. The number of carbonyl (C=O) groups is 1. The number of carbonyl (C=O) groups excluding carboxylic acids is 1. The fourth-order valence-corrected chi connectivity index (χ4v) is 2.35. The molecule has 6 heteroatoms. The maximum absolute atomic E-state index is 12.2. The third-order valence-electron chi connectivity index (χ3n) is 3.42. The molecule has 0 aliphatic carbocycles. The van der Waals surface area contributed by atoms with Gasteiger partial charge in [-0.1, -0.05) is 17.7 Å². The first-order valence-corrected chi connectivity index (χ1v) is 7.81. The van der Waals surface area contributed by atoms with Gasteiger partial charge in [0.15, 0.2) is 6.10 Å². The van der Waals surface area contributed by atoms with E-state index in [0.29, 0.717) is 16.5 Å². The second-order valence-electron chi connectivity index (χ2n) is 5.22. The van der Waals surface area contributed by atoms with Gasteiger partial charge in [0.25, 0.3) is 5.91 Å². The van der Waals surface area contributed by atoms with Gasteiger partial charge < -0.3 is 14.6 Å². The number of hydrogen-bond donors (Lipinski definition) is 1. The van der Waals surface area contributed by atoms with Crippen LogP contribution in [0.5, 0.6) is 5.75 Å². The number of benzene rings is 2. The van der Waals surface area contributed by atoms with E-state index in [0.717, 1.165) is 5.69 Å². The van der Waals surface area contributed by atoms with Crippen molar-refractivity contribution >= 4 is 23.2 Å². The van der Waals surface area contributed by atoms with Gasteiger partial charge in [0.2, 0.25) is 0 Å². The number of nitrogens with zero attached hydrogens (tertiary/aromatic N) is 2. The summed E-state index contributed by atoms with van der Waals surface area (Å²) in [6, 6.07) is 14.4.